The Labute approximate surface area is 142 Å². The summed E-state index contributed by atoms with van der Waals surface area (Å²) in [5.74, 6) is -2.40. The standard InChI is InChI=1S/C17H28N2O5/c1-2-3-4-5-6-7-8-9-17(12-15(20)21,24-13-16(22)23)19-11-10-18-14-19/h10-11,14H,2-9,12-13H2,1H3,(H2,20,21,22,23). The Morgan fingerprint density at radius 2 is 1.88 bits per heavy atom. The molecule has 0 bridgehead atoms. The molecule has 7 heteroatoms. The number of rotatable bonds is 14. The van der Waals surface area contributed by atoms with Crippen LogP contribution in [0.5, 0.6) is 0 Å². The van der Waals surface area contributed by atoms with Crippen LogP contribution >= 0.6 is 0 Å². The summed E-state index contributed by atoms with van der Waals surface area (Å²) in [5, 5.41) is 20.0. The lowest BCUT2D eigenvalue weighted by molar-refractivity contribution is -0.809. The lowest BCUT2D eigenvalue weighted by Gasteiger charge is -2.29. The van der Waals surface area contributed by atoms with E-state index in [0.717, 1.165) is 25.7 Å². The number of aliphatic carboxylic acids is 2. The first kappa shape index (κ1) is 20.2. The molecule has 2 N–H and O–H groups in total. The quantitative estimate of drug-likeness (QED) is 0.392. The van der Waals surface area contributed by atoms with Gasteiger partial charge in [0.1, 0.15) is 18.8 Å². The topological polar surface area (TPSA) is 106 Å². The maximum Gasteiger partial charge on any atom is 0.310 e. The van der Waals surface area contributed by atoms with Crippen molar-refractivity contribution >= 4 is 11.9 Å². The second kappa shape index (κ2) is 10.8. The Bertz CT molecular complexity index is 489. The number of nitrogens with one attached hydrogen (secondary N) is 1. The fraction of sp³-hybridized carbons (Fsp3) is 0.706. The lowest BCUT2D eigenvalue weighted by atomic mass is 9.99. The zero-order valence-corrected chi connectivity index (χ0v) is 14.3. The number of unbranched alkanes of at least 4 members (excludes halogenated alkanes) is 6. The van der Waals surface area contributed by atoms with Crippen molar-refractivity contribution in [2.24, 2.45) is 0 Å². The molecule has 136 valence electrons. The van der Waals surface area contributed by atoms with Crippen LogP contribution in [0.25, 0.3) is 0 Å². The van der Waals surface area contributed by atoms with Crippen LogP contribution in [0.1, 0.15) is 64.7 Å². The number of hydrogen-bond acceptors (Lipinski definition) is 4. The largest absolute Gasteiger partial charge is 0.548 e. The summed E-state index contributed by atoms with van der Waals surface area (Å²) in [6.07, 6.45) is 12.6. The van der Waals surface area contributed by atoms with E-state index in [0.29, 0.717) is 6.42 Å². The Hall–Kier alpha value is -1.89. The van der Waals surface area contributed by atoms with E-state index in [1.165, 1.54) is 19.3 Å². The van der Waals surface area contributed by atoms with Crippen molar-refractivity contribution in [2.75, 3.05) is 6.61 Å². The molecule has 24 heavy (non-hydrogen) atoms. The third kappa shape index (κ3) is 7.12. The van der Waals surface area contributed by atoms with Crippen molar-refractivity contribution in [3.63, 3.8) is 0 Å². The molecule has 0 spiro atoms. The van der Waals surface area contributed by atoms with E-state index < -0.39 is 24.3 Å². The molecule has 1 rings (SSSR count). The Balaban J connectivity index is 2.68. The first-order valence-electron chi connectivity index (χ1n) is 8.60. The fourth-order valence-electron chi connectivity index (χ4n) is 2.84. The highest BCUT2D eigenvalue weighted by Crippen LogP contribution is 2.25. The van der Waals surface area contributed by atoms with Crippen LogP contribution in [-0.2, 0) is 20.1 Å². The first-order chi connectivity index (χ1) is 11.5. The average molecular weight is 340 g/mol. The number of carbonyl (C=O) groups excluding carboxylic acids is 1. The van der Waals surface area contributed by atoms with Crippen LogP contribution in [0.15, 0.2) is 18.7 Å². The van der Waals surface area contributed by atoms with Gasteiger partial charge in [-0.15, -0.1) is 0 Å². The Morgan fingerprint density at radius 3 is 2.42 bits per heavy atom. The normalized spacial score (nSPS) is 13.5. The van der Waals surface area contributed by atoms with Gasteiger partial charge in [0.25, 0.3) is 0 Å². The lowest BCUT2D eigenvalue weighted by Crippen LogP contribution is -2.59. The molecule has 1 aromatic heterocycles. The van der Waals surface area contributed by atoms with E-state index >= 15 is 0 Å². The SMILES string of the molecule is CCCCCCCCCC(CC(=O)O)(OCC(=O)[O-])[n+]1cc[nH]c1. The number of hydrogen-bond donors (Lipinski definition) is 2. The maximum atomic E-state index is 11.3. The number of H-pyrrole nitrogens is 1. The van der Waals surface area contributed by atoms with Crippen molar-refractivity contribution in [1.82, 2.24) is 4.98 Å². The van der Waals surface area contributed by atoms with E-state index in [2.05, 4.69) is 11.9 Å². The van der Waals surface area contributed by atoms with Crippen LogP contribution in [-0.4, -0.2) is 28.6 Å². The summed E-state index contributed by atoms with van der Waals surface area (Å²) in [7, 11) is 0. The maximum absolute atomic E-state index is 11.3. The van der Waals surface area contributed by atoms with E-state index in [1.807, 2.05) is 0 Å². The molecular weight excluding hydrogens is 312 g/mol. The number of imidazole rings is 1. The summed E-state index contributed by atoms with van der Waals surface area (Å²) in [6, 6.07) is 0. The minimum Gasteiger partial charge on any atom is -0.548 e. The Kier molecular flexibility index (Phi) is 9.07. The van der Waals surface area contributed by atoms with E-state index in [-0.39, 0.29) is 6.42 Å². The van der Waals surface area contributed by atoms with Gasteiger partial charge in [0.05, 0.1) is 12.6 Å². The highest BCUT2D eigenvalue weighted by Gasteiger charge is 2.40. The van der Waals surface area contributed by atoms with Gasteiger partial charge in [-0.3, -0.25) is 9.78 Å². The molecular formula is C17H28N2O5. The van der Waals surface area contributed by atoms with Gasteiger partial charge in [0, 0.05) is 6.42 Å². The van der Waals surface area contributed by atoms with Gasteiger partial charge < -0.3 is 19.7 Å². The van der Waals surface area contributed by atoms with E-state index in [4.69, 9.17) is 4.74 Å². The molecule has 0 aromatic carbocycles. The van der Waals surface area contributed by atoms with Crippen molar-refractivity contribution < 1.29 is 29.1 Å². The summed E-state index contributed by atoms with van der Waals surface area (Å²) in [6.45, 7) is 1.53. The molecule has 1 unspecified atom stereocenters. The second-order valence-electron chi connectivity index (χ2n) is 6.07. The first-order valence-corrected chi connectivity index (χ1v) is 8.60. The minimum absolute atomic E-state index is 0.307. The van der Waals surface area contributed by atoms with Crippen molar-refractivity contribution in [1.29, 1.82) is 0 Å². The van der Waals surface area contributed by atoms with Gasteiger partial charge in [-0.25, -0.2) is 4.57 Å². The van der Waals surface area contributed by atoms with Crippen LogP contribution in [0.3, 0.4) is 0 Å². The number of ether oxygens (including phenoxy) is 1. The van der Waals surface area contributed by atoms with Gasteiger partial charge in [0.15, 0.2) is 0 Å². The highest BCUT2D eigenvalue weighted by molar-refractivity contribution is 5.68. The van der Waals surface area contributed by atoms with Crippen molar-refractivity contribution in [3.05, 3.63) is 18.7 Å². The average Bonchev–Trinajstić information content (AvgIpc) is 3.06. The van der Waals surface area contributed by atoms with Crippen molar-refractivity contribution in [3.8, 4) is 0 Å². The highest BCUT2D eigenvalue weighted by atomic mass is 16.5. The second-order valence-corrected chi connectivity index (χ2v) is 6.07. The van der Waals surface area contributed by atoms with Gasteiger partial charge in [-0.05, 0) is 6.42 Å². The molecule has 0 aliphatic heterocycles. The Morgan fingerprint density at radius 1 is 1.21 bits per heavy atom. The number of carbonyl (C=O) groups is 2. The molecule has 0 amide bonds. The smallest absolute Gasteiger partial charge is 0.310 e. The van der Waals surface area contributed by atoms with Crippen LogP contribution in [0.2, 0.25) is 0 Å². The third-order valence-electron chi connectivity index (χ3n) is 4.07. The number of carboxylic acid groups (broad SMARTS) is 2. The summed E-state index contributed by atoms with van der Waals surface area (Å²) in [5.41, 5.74) is -1.21. The van der Waals surface area contributed by atoms with Gasteiger partial charge in [-0.2, -0.15) is 0 Å². The summed E-state index contributed by atoms with van der Waals surface area (Å²) in [4.78, 5) is 24.9. The predicted octanol–water partition coefficient (Wildman–Crippen LogP) is 1.34. The zero-order chi connectivity index (χ0) is 17.8. The minimum atomic E-state index is -1.36. The van der Waals surface area contributed by atoms with E-state index in [1.54, 1.807) is 23.3 Å². The number of carboxylic acids is 2. The van der Waals surface area contributed by atoms with Gasteiger partial charge in [-0.1, -0.05) is 45.4 Å². The van der Waals surface area contributed by atoms with Crippen LogP contribution in [0, 0.1) is 0 Å². The van der Waals surface area contributed by atoms with Gasteiger partial charge in [0.2, 0.25) is 12.1 Å². The molecule has 1 atom stereocenters. The number of aromatic amines is 1. The molecule has 0 saturated heterocycles. The van der Waals surface area contributed by atoms with E-state index in [9.17, 15) is 19.8 Å². The zero-order valence-electron chi connectivity index (χ0n) is 14.3. The van der Waals surface area contributed by atoms with Gasteiger partial charge >= 0.3 is 5.97 Å². The number of aromatic nitrogens is 2. The van der Waals surface area contributed by atoms with Crippen LogP contribution < -0.4 is 9.67 Å². The van der Waals surface area contributed by atoms with Crippen molar-refractivity contribution in [2.45, 2.75) is 70.4 Å². The predicted molar refractivity (Wildman–Crippen MR) is 84.8 cm³/mol. The molecule has 0 fully saturated rings. The third-order valence-corrected chi connectivity index (χ3v) is 4.07. The monoisotopic (exact) mass is 340 g/mol. The number of nitrogens with zero attached hydrogens (tertiary/aromatic N) is 1. The summed E-state index contributed by atoms with van der Waals surface area (Å²) < 4.78 is 7.09. The van der Waals surface area contributed by atoms with Crippen LogP contribution in [0.4, 0.5) is 0 Å². The summed E-state index contributed by atoms with van der Waals surface area (Å²) >= 11 is 0. The molecule has 0 aliphatic carbocycles. The molecule has 7 nitrogen and oxygen atoms in total. The molecule has 0 saturated carbocycles. The molecule has 0 aliphatic rings. The molecule has 1 heterocycles. The molecule has 1 aromatic rings. The molecule has 0 radical (unpaired) electrons. The fourth-order valence-corrected chi connectivity index (χ4v) is 2.84.